The number of aryl methyl sites for hydroxylation is 4. The summed E-state index contributed by atoms with van der Waals surface area (Å²) >= 11 is 0. The van der Waals surface area contributed by atoms with Gasteiger partial charge in [-0.25, -0.2) is 0 Å². The second-order valence-corrected chi connectivity index (χ2v) is 14.6. The van der Waals surface area contributed by atoms with Gasteiger partial charge in [-0.05, 0) is 137 Å². The summed E-state index contributed by atoms with van der Waals surface area (Å²) in [5.74, 6) is 0.615. The molecule has 6 aromatic carbocycles. The van der Waals surface area contributed by atoms with E-state index in [1.165, 1.54) is 76.0 Å². The molecule has 0 aromatic heterocycles. The van der Waals surface area contributed by atoms with E-state index in [9.17, 15) is 0 Å². The number of benzene rings is 6. The van der Waals surface area contributed by atoms with Crippen LogP contribution >= 0.6 is 0 Å². The molecule has 0 atom stereocenters. The van der Waals surface area contributed by atoms with Crippen LogP contribution in [-0.4, -0.2) is 6.04 Å². The van der Waals surface area contributed by atoms with Gasteiger partial charge in [0.1, 0.15) is 0 Å². The van der Waals surface area contributed by atoms with Gasteiger partial charge < -0.3 is 9.80 Å². The molecule has 0 radical (unpaired) electrons. The molecule has 0 aliphatic heterocycles. The predicted molar refractivity (Wildman–Crippen MR) is 225 cm³/mol. The summed E-state index contributed by atoms with van der Waals surface area (Å²) in [4.78, 5) is 4.89. The summed E-state index contributed by atoms with van der Waals surface area (Å²) in [6, 6.07) is 53.8. The Morgan fingerprint density at radius 1 is 0.365 bits per heavy atom. The second kappa shape index (κ2) is 16.2. The van der Waals surface area contributed by atoms with Crippen LogP contribution in [0, 0.1) is 33.6 Å². The van der Waals surface area contributed by atoms with Gasteiger partial charge in [0, 0.05) is 34.5 Å². The van der Waals surface area contributed by atoms with Crippen molar-refractivity contribution in [3.05, 3.63) is 191 Å². The lowest BCUT2D eigenvalue weighted by atomic mass is 9.84. The van der Waals surface area contributed by atoms with Gasteiger partial charge in [0.05, 0.1) is 0 Å². The number of allylic oxidation sites excluding steroid dienone is 1. The molecule has 1 aliphatic carbocycles. The zero-order chi connectivity index (χ0) is 35.9. The van der Waals surface area contributed by atoms with E-state index in [1.807, 2.05) is 0 Å². The zero-order valence-corrected chi connectivity index (χ0v) is 31.0. The van der Waals surface area contributed by atoms with Crippen molar-refractivity contribution in [2.75, 3.05) is 9.80 Å². The maximum absolute atomic E-state index is 2.57. The topological polar surface area (TPSA) is 6.48 Å². The first kappa shape index (κ1) is 34.8. The van der Waals surface area contributed by atoms with E-state index >= 15 is 0 Å². The smallest absolute Gasteiger partial charge is 0.0462 e. The fourth-order valence-electron chi connectivity index (χ4n) is 7.26. The molecule has 260 valence electrons. The Morgan fingerprint density at radius 2 is 0.673 bits per heavy atom. The van der Waals surface area contributed by atoms with Crippen molar-refractivity contribution in [3.63, 3.8) is 0 Å². The van der Waals surface area contributed by atoms with E-state index in [0.717, 1.165) is 17.1 Å². The minimum atomic E-state index is 0.512. The Kier molecular flexibility index (Phi) is 10.8. The molecule has 0 N–H and O–H groups in total. The number of nitrogens with zero attached hydrogens (tertiary/aromatic N) is 2. The quantitative estimate of drug-likeness (QED) is 0.133. The van der Waals surface area contributed by atoms with Crippen LogP contribution in [0.4, 0.5) is 28.4 Å². The summed E-state index contributed by atoms with van der Waals surface area (Å²) in [7, 11) is 0. The van der Waals surface area contributed by atoms with Crippen LogP contribution in [0.25, 0.3) is 18.2 Å². The molecular weight excluding hydrogens is 629 g/mol. The Bertz CT molecular complexity index is 1990. The molecule has 0 unspecified atom stereocenters. The average Bonchev–Trinajstić information content (AvgIpc) is 3.18. The molecule has 2 nitrogen and oxygen atoms in total. The fraction of sp³-hybridized carbons (Fsp3) is 0.200. The van der Waals surface area contributed by atoms with Crippen molar-refractivity contribution in [1.29, 1.82) is 0 Å². The van der Waals surface area contributed by atoms with Crippen LogP contribution < -0.4 is 9.80 Å². The van der Waals surface area contributed by atoms with Crippen molar-refractivity contribution < 1.29 is 0 Å². The van der Waals surface area contributed by atoms with Crippen LogP contribution in [0.15, 0.2) is 152 Å². The van der Waals surface area contributed by atoms with Gasteiger partial charge in [0.15, 0.2) is 0 Å². The molecule has 52 heavy (non-hydrogen) atoms. The monoisotopic (exact) mass is 678 g/mol. The van der Waals surface area contributed by atoms with Gasteiger partial charge in [-0.15, -0.1) is 0 Å². The van der Waals surface area contributed by atoms with Crippen molar-refractivity contribution >= 4 is 46.7 Å². The standard InChI is InChI=1S/C50H50N2/c1-37-5-25-45(26-6-37)51(46-27-7-38(2)8-28-46)49-33-21-43(22-34-49)19-17-41-13-15-42(16-14-41)18-20-44-23-35-50(36-24-44)52(47-29-9-39(3)10-30-47)48-31-11-40(4)12-32-48/h5-22,25-34,44,50H,23-24,35-36H2,1-4H3/b19-17+,20-18+. The summed E-state index contributed by atoms with van der Waals surface area (Å²) in [6.45, 7) is 8.58. The first-order valence-electron chi connectivity index (χ1n) is 18.8. The Morgan fingerprint density at radius 3 is 1.06 bits per heavy atom. The number of rotatable bonds is 10. The summed E-state index contributed by atoms with van der Waals surface area (Å²) in [6.07, 6.45) is 14.0. The molecule has 1 aliphatic rings. The molecule has 0 heterocycles. The zero-order valence-electron chi connectivity index (χ0n) is 31.0. The average molecular weight is 679 g/mol. The third kappa shape index (κ3) is 8.64. The number of anilines is 5. The van der Waals surface area contributed by atoms with Crippen LogP contribution in [0.3, 0.4) is 0 Å². The normalized spacial score (nSPS) is 16.0. The van der Waals surface area contributed by atoms with Crippen molar-refractivity contribution in [2.45, 2.75) is 59.4 Å². The van der Waals surface area contributed by atoms with Crippen molar-refractivity contribution in [2.24, 2.45) is 5.92 Å². The van der Waals surface area contributed by atoms with Crippen molar-refractivity contribution in [1.82, 2.24) is 0 Å². The molecule has 0 saturated heterocycles. The third-order valence-electron chi connectivity index (χ3n) is 10.4. The molecule has 6 aromatic rings. The molecule has 7 rings (SSSR count). The largest absolute Gasteiger partial charge is 0.338 e. The first-order chi connectivity index (χ1) is 25.4. The molecule has 0 amide bonds. The second-order valence-electron chi connectivity index (χ2n) is 14.6. The summed E-state index contributed by atoms with van der Waals surface area (Å²) in [5, 5.41) is 0. The fourth-order valence-corrected chi connectivity index (χ4v) is 7.26. The van der Waals surface area contributed by atoms with Gasteiger partial charge in [-0.1, -0.05) is 131 Å². The molecule has 0 spiro atoms. The first-order valence-corrected chi connectivity index (χ1v) is 18.8. The van der Waals surface area contributed by atoms with E-state index in [-0.39, 0.29) is 0 Å². The van der Waals surface area contributed by atoms with E-state index in [4.69, 9.17) is 0 Å². The van der Waals surface area contributed by atoms with Gasteiger partial charge in [-0.2, -0.15) is 0 Å². The predicted octanol–water partition coefficient (Wildman–Crippen LogP) is 14.0. The molecule has 1 fully saturated rings. The SMILES string of the molecule is Cc1ccc(N(c2ccc(C)cc2)c2ccc(/C=C/c3ccc(/C=C/C4CCC(N(c5ccc(C)cc5)c5ccc(C)cc5)CC4)cc3)cc2)cc1. The van der Waals surface area contributed by atoms with E-state index in [0.29, 0.717) is 12.0 Å². The van der Waals surface area contributed by atoms with Gasteiger partial charge >= 0.3 is 0 Å². The highest BCUT2D eigenvalue weighted by atomic mass is 15.2. The lowest BCUT2D eigenvalue weighted by Gasteiger charge is -2.38. The van der Waals surface area contributed by atoms with Gasteiger partial charge in [-0.3, -0.25) is 0 Å². The van der Waals surface area contributed by atoms with E-state index in [1.54, 1.807) is 0 Å². The Hall–Kier alpha value is -5.60. The van der Waals surface area contributed by atoms with E-state index in [2.05, 4.69) is 207 Å². The van der Waals surface area contributed by atoms with E-state index < -0.39 is 0 Å². The molecule has 1 saturated carbocycles. The molecular formula is C50H50N2. The minimum absolute atomic E-state index is 0.512. The van der Waals surface area contributed by atoms with Crippen LogP contribution in [0.1, 0.15) is 64.6 Å². The maximum Gasteiger partial charge on any atom is 0.0462 e. The summed E-state index contributed by atoms with van der Waals surface area (Å²) < 4.78 is 0. The van der Waals surface area contributed by atoms with Crippen LogP contribution in [0.2, 0.25) is 0 Å². The molecule has 0 bridgehead atoms. The number of hydrogen-bond acceptors (Lipinski definition) is 2. The highest BCUT2D eigenvalue weighted by Crippen LogP contribution is 2.37. The lowest BCUT2D eigenvalue weighted by molar-refractivity contribution is 0.373. The summed E-state index contributed by atoms with van der Waals surface area (Å²) in [5.41, 5.74) is 14.8. The van der Waals surface area contributed by atoms with Crippen molar-refractivity contribution in [3.8, 4) is 0 Å². The minimum Gasteiger partial charge on any atom is -0.338 e. The Labute approximate surface area is 311 Å². The number of hydrogen-bond donors (Lipinski definition) is 0. The highest BCUT2D eigenvalue weighted by Gasteiger charge is 2.26. The maximum atomic E-state index is 2.57. The van der Waals surface area contributed by atoms with Crippen LogP contribution in [0.5, 0.6) is 0 Å². The highest BCUT2D eigenvalue weighted by molar-refractivity contribution is 5.78. The molecule has 2 heteroatoms. The lowest BCUT2D eigenvalue weighted by Crippen LogP contribution is -2.34. The Balaban J connectivity index is 0.966. The van der Waals surface area contributed by atoms with Crippen LogP contribution in [-0.2, 0) is 0 Å². The third-order valence-corrected chi connectivity index (χ3v) is 10.4. The van der Waals surface area contributed by atoms with Gasteiger partial charge in [0.25, 0.3) is 0 Å². The van der Waals surface area contributed by atoms with Gasteiger partial charge in [0.2, 0.25) is 0 Å².